The van der Waals surface area contributed by atoms with Crippen molar-refractivity contribution < 1.29 is 13.2 Å². The predicted molar refractivity (Wildman–Crippen MR) is 108 cm³/mol. The van der Waals surface area contributed by atoms with Crippen LogP contribution in [-0.4, -0.2) is 25.9 Å². The smallest absolute Gasteiger partial charge is 0.272 e. The van der Waals surface area contributed by atoms with Crippen molar-refractivity contribution >= 4 is 32.5 Å². The zero-order chi connectivity index (χ0) is 19.4. The maximum Gasteiger partial charge on any atom is 0.272 e. The minimum absolute atomic E-state index is 0.129. The number of carbonyl (C=O) groups excluding carboxylic acids is 1. The summed E-state index contributed by atoms with van der Waals surface area (Å²) in [6, 6.07) is 16.3. The molecule has 1 amide bonds. The van der Waals surface area contributed by atoms with Gasteiger partial charge in [-0.1, -0.05) is 44.2 Å². The van der Waals surface area contributed by atoms with Gasteiger partial charge in [-0.3, -0.25) is 4.79 Å². The lowest BCUT2D eigenvalue weighted by atomic mass is 10.2. The van der Waals surface area contributed by atoms with Crippen molar-refractivity contribution in [2.24, 2.45) is 5.92 Å². The number of carbonyl (C=O) groups is 1. The molecule has 0 bridgehead atoms. The van der Waals surface area contributed by atoms with E-state index in [2.05, 4.69) is 15.0 Å². The van der Waals surface area contributed by atoms with Gasteiger partial charge in [0.15, 0.2) is 0 Å². The first-order valence-corrected chi connectivity index (χ1v) is 10.4. The lowest BCUT2D eigenvalue weighted by Crippen LogP contribution is -2.28. The lowest BCUT2D eigenvalue weighted by molar-refractivity contribution is 0.102. The molecule has 0 aliphatic carbocycles. The molecule has 27 heavy (non-hydrogen) atoms. The fraction of sp³-hybridized carbons (Fsp3) is 0.250. The van der Waals surface area contributed by atoms with Crippen molar-refractivity contribution in [1.82, 2.24) is 9.71 Å². The molecule has 0 atom stereocenters. The monoisotopic (exact) mass is 385 g/mol. The molecule has 1 heterocycles. The van der Waals surface area contributed by atoms with Crippen LogP contribution in [0.1, 0.15) is 29.9 Å². The summed E-state index contributed by atoms with van der Waals surface area (Å²) >= 11 is 0. The molecule has 0 spiro atoms. The highest BCUT2D eigenvalue weighted by Crippen LogP contribution is 2.17. The lowest BCUT2D eigenvalue weighted by Gasteiger charge is -2.10. The van der Waals surface area contributed by atoms with Gasteiger partial charge in [0.1, 0.15) is 5.69 Å². The van der Waals surface area contributed by atoms with Gasteiger partial charge < -0.3 is 10.3 Å². The van der Waals surface area contributed by atoms with Gasteiger partial charge >= 0.3 is 0 Å². The zero-order valence-electron chi connectivity index (χ0n) is 15.3. The first-order valence-electron chi connectivity index (χ1n) is 8.78. The zero-order valence-corrected chi connectivity index (χ0v) is 16.1. The molecule has 0 aliphatic heterocycles. The van der Waals surface area contributed by atoms with Gasteiger partial charge in [0.2, 0.25) is 10.0 Å². The molecule has 0 radical (unpaired) electrons. The van der Waals surface area contributed by atoms with Gasteiger partial charge in [-0.2, -0.15) is 0 Å². The minimum atomic E-state index is -3.41. The number of anilines is 1. The van der Waals surface area contributed by atoms with Crippen molar-refractivity contribution in [1.29, 1.82) is 0 Å². The van der Waals surface area contributed by atoms with E-state index in [0.29, 0.717) is 23.5 Å². The molecule has 2 aromatic carbocycles. The van der Waals surface area contributed by atoms with E-state index in [4.69, 9.17) is 0 Å². The highest BCUT2D eigenvalue weighted by atomic mass is 32.2. The van der Waals surface area contributed by atoms with Gasteiger partial charge in [-0.25, -0.2) is 13.1 Å². The number of aromatic amines is 1. The van der Waals surface area contributed by atoms with Crippen LogP contribution in [0.15, 0.2) is 54.6 Å². The van der Waals surface area contributed by atoms with Crippen LogP contribution in [0.25, 0.3) is 10.9 Å². The molecular weight excluding hydrogens is 362 g/mol. The van der Waals surface area contributed by atoms with E-state index in [1.54, 1.807) is 30.3 Å². The number of para-hydroxylation sites is 1. The molecular formula is C20H23N3O3S. The van der Waals surface area contributed by atoms with E-state index in [9.17, 15) is 13.2 Å². The van der Waals surface area contributed by atoms with Crippen molar-refractivity contribution in [3.63, 3.8) is 0 Å². The quantitative estimate of drug-likeness (QED) is 0.581. The summed E-state index contributed by atoms with van der Waals surface area (Å²) in [6.45, 7) is 4.30. The summed E-state index contributed by atoms with van der Waals surface area (Å²) in [4.78, 5) is 15.6. The van der Waals surface area contributed by atoms with Gasteiger partial charge in [-0.05, 0) is 35.7 Å². The van der Waals surface area contributed by atoms with Crippen LogP contribution in [0.3, 0.4) is 0 Å². The Morgan fingerprint density at radius 2 is 1.85 bits per heavy atom. The fourth-order valence-electron chi connectivity index (χ4n) is 2.70. The number of aromatic nitrogens is 1. The van der Waals surface area contributed by atoms with E-state index in [1.807, 2.05) is 38.1 Å². The summed E-state index contributed by atoms with van der Waals surface area (Å²) in [6.07, 6.45) is 0. The number of rotatable bonds is 7. The van der Waals surface area contributed by atoms with Crippen LogP contribution in [0.5, 0.6) is 0 Å². The van der Waals surface area contributed by atoms with Crippen LogP contribution in [0.4, 0.5) is 5.69 Å². The Morgan fingerprint density at radius 3 is 2.59 bits per heavy atom. The van der Waals surface area contributed by atoms with Gasteiger partial charge in [0, 0.05) is 23.1 Å². The topological polar surface area (TPSA) is 91.1 Å². The average molecular weight is 385 g/mol. The van der Waals surface area contributed by atoms with E-state index < -0.39 is 10.0 Å². The summed E-state index contributed by atoms with van der Waals surface area (Å²) in [5.74, 6) is -0.165. The van der Waals surface area contributed by atoms with Gasteiger partial charge in [0.25, 0.3) is 5.91 Å². The molecule has 6 nitrogen and oxygen atoms in total. The third-order valence-electron chi connectivity index (χ3n) is 4.03. The molecule has 3 N–H and O–H groups in total. The number of nitrogens with one attached hydrogen (secondary N) is 3. The summed E-state index contributed by atoms with van der Waals surface area (Å²) in [5, 5.41) is 3.77. The highest BCUT2D eigenvalue weighted by molar-refractivity contribution is 7.88. The standard InChI is InChI=1S/C20H23N3O3S/c1-14(2)12-21-27(25,26)13-15-6-5-8-17(10-15)22-20(24)19-11-16-7-3-4-9-18(16)23-19/h3-11,14,21,23H,12-13H2,1-2H3,(H,22,24). The summed E-state index contributed by atoms with van der Waals surface area (Å²) in [7, 11) is -3.41. The Morgan fingerprint density at radius 1 is 1.07 bits per heavy atom. The number of hydrogen-bond acceptors (Lipinski definition) is 3. The number of H-pyrrole nitrogens is 1. The Hall–Kier alpha value is -2.64. The normalized spacial score (nSPS) is 11.8. The molecule has 0 saturated heterocycles. The molecule has 0 unspecified atom stereocenters. The number of sulfonamides is 1. The van der Waals surface area contributed by atoms with Crippen molar-refractivity contribution in [2.75, 3.05) is 11.9 Å². The maximum absolute atomic E-state index is 12.5. The highest BCUT2D eigenvalue weighted by Gasteiger charge is 2.14. The second-order valence-corrected chi connectivity index (χ2v) is 8.73. The molecule has 3 rings (SSSR count). The molecule has 0 fully saturated rings. The van der Waals surface area contributed by atoms with Crippen LogP contribution < -0.4 is 10.0 Å². The first-order chi connectivity index (χ1) is 12.8. The third kappa shape index (κ3) is 5.18. The predicted octanol–water partition coefficient (Wildman–Crippen LogP) is 3.50. The van der Waals surface area contributed by atoms with Crippen molar-refractivity contribution in [3.8, 4) is 0 Å². The van der Waals surface area contributed by atoms with E-state index in [0.717, 1.165) is 10.9 Å². The van der Waals surface area contributed by atoms with Crippen LogP contribution in [0, 0.1) is 5.92 Å². The Labute approximate surface area is 159 Å². The number of hydrogen-bond donors (Lipinski definition) is 3. The van der Waals surface area contributed by atoms with Gasteiger partial charge in [0.05, 0.1) is 5.75 Å². The fourth-order valence-corrected chi connectivity index (χ4v) is 4.00. The van der Waals surface area contributed by atoms with E-state index in [-0.39, 0.29) is 17.6 Å². The molecule has 3 aromatic rings. The van der Waals surface area contributed by atoms with Crippen LogP contribution in [-0.2, 0) is 15.8 Å². The summed E-state index contributed by atoms with van der Waals surface area (Å²) in [5.41, 5.74) is 2.50. The Bertz CT molecular complexity index is 1020. The summed E-state index contributed by atoms with van der Waals surface area (Å²) < 4.78 is 26.9. The average Bonchev–Trinajstić information content (AvgIpc) is 3.04. The molecule has 0 aliphatic rings. The van der Waals surface area contributed by atoms with E-state index in [1.165, 1.54) is 0 Å². The number of benzene rings is 2. The molecule has 0 saturated carbocycles. The van der Waals surface area contributed by atoms with Gasteiger partial charge in [-0.15, -0.1) is 0 Å². The third-order valence-corrected chi connectivity index (χ3v) is 5.35. The number of amides is 1. The molecule has 7 heteroatoms. The first kappa shape index (κ1) is 19.1. The van der Waals surface area contributed by atoms with E-state index >= 15 is 0 Å². The maximum atomic E-state index is 12.5. The van der Waals surface area contributed by atoms with Crippen molar-refractivity contribution in [3.05, 3.63) is 65.9 Å². The SMILES string of the molecule is CC(C)CNS(=O)(=O)Cc1cccc(NC(=O)c2cc3ccccc3[nH]2)c1. The largest absolute Gasteiger partial charge is 0.351 e. The van der Waals surface area contributed by atoms with Crippen LogP contribution in [0.2, 0.25) is 0 Å². The number of fused-ring (bicyclic) bond motifs is 1. The molecule has 142 valence electrons. The van der Waals surface area contributed by atoms with Crippen molar-refractivity contribution in [2.45, 2.75) is 19.6 Å². The molecule has 1 aromatic heterocycles. The minimum Gasteiger partial charge on any atom is -0.351 e. The Kier molecular flexibility index (Phi) is 5.62. The second kappa shape index (κ2) is 7.94. The second-order valence-electron chi connectivity index (χ2n) is 6.93. The van der Waals surface area contributed by atoms with Crippen LogP contribution >= 0.6 is 0 Å². The Balaban J connectivity index is 1.70.